The number of likely N-dealkylation sites (tertiary alicyclic amines) is 1. The standard InChI is InChI=1S/C16H19N3/c1-19-9-5-8-14(12-19)16-11-17-15(10-18-16)13-6-3-2-4-7-13/h2-4,6-7,10-11,14H,5,8-9,12H2,1H3. The van der Waals surface area contributed by atoms with Crippen molar-refractivity contribution in [3.05, 3.63) is 48.4 Å². The second kappa shape index (κ2) is 5.49. The molecule has 1 unspecified atom stereocenters. The number of rotatable bonds is 2. The Balaban J connectivity index is 1.79. The van der Waals surface area contributed by atoms with Gasteiger partial charge >= 0.3 is 0 Å². The van der Waals surface area contributed by atoms with Crippen LogP contribution in [0.4, 0.5) is 0 Å². The van der Waals surface area contributed by atoms with Gasteiger partial charge in [-0.25, -0.2) is 0 Å². The topological polar surface area (TPSA) is 29.0 Å². The molecule has 1 aromatic heterocycles. The van der Waals surface area contributed by atoms with Crippen molar-refractivity contribution in [3.8, 4) is 11.3 Å². The maximum atomic E-state index is 4.62. The summed E-state index contributed by atoms with van der Waals surface area (Å²) < 4.78 is 0. The quantitative estimate of drug-likeness (QED) is 0.824. The van der Waals surface area contributed by atoms with Crippen LogP contribution in [0.5, 0.6) is 0 Å². The zero-order valence-electron chi connectivity index (χ0n) is 11.3. The molecule has 3 nitrogen and oxygen atoms in total. The normalized spacial score (nSPS) is 20.4. The van der Waals surface area contributed by atoms with E-state index in [9.17, 15) is 0 Å². The van der Waals surface area contributed by atoms with Crippen molar-refractivity contribution in [1.82, 2.24) is 14.9 Å². The zero-order valence-corrected chi connectivity index (χ0v) is 11.3. The number of piperidine rings is 1. The predicted octanol–water partition coefficient (Wildman–Crippen LogP) is 2.95. The molecular weight excluding hydrogens is 234 g/mol. The smallest absolute Gasteiger partial charge is 0.0885 e. The summed E-state index contributed by atoms with van der Waals surface area (Å²) >= 11 is 0. The first-order valence-corrected chi connectivity index (χ1v) is 6.89. The van der Waals surface area contributed by atoms with Crippen LogP contribution < -0.4 is 0 Å². The Kier molecular flexibility index (Phi) is 3.56. The van der Waals surface area contributed by atoms with Crippen molar-refractivity contribution >= 4 is 0 Å². The molecule has 0 N–H and O–H groups in total. The lowest BCUT2D eigenvalue weighted by Crippen LogP contribution is -2.31. The molecule has 1 atom stereocenters. The highest BCUT2D eigenvalue weighted by Crippen LogP contribution is 2.25. The monoisotopic (exact) mass is 253 g/mol. The minimum Gasteiger partial charge on any atom is -0.306 e. The average Bonchev–Trinajstić information content (AvgIpc) is 2.48. The first-order valence-electron chi connectivity index (χ1n) is 6.89. The predicted molar refractivity (Wildman–Crippen MR) is 76.9 cm³/mol. The van der Waals surface area contributed by atoms with Crippen LogP contribution in [-0.4, -0.2) is 35.0 Å². The van der Waals surface area contributed by atoms with E-state index in [-0.39, 0.29) is 0 Å². The third-order valence-corrected chi connectivity index (χ3v) is 3.78. The third kappa shape index (κ3) is 2.82. The second-order valence-electron chi connectivity index (χ2n) is 5.29. The summed E-state index contributed by atoms with van der Waals surface area (Å²) in [5, 5.41) is 0. The summed E-state index contributed by atoms with van der Waals surface area (Å²) in [7, 11) is 2.18. The Labute approximate surface area is 114 Å². The van der Waals surface area contributed by atoms with Gasteiger partial charge in [0.25, 0.3) is 0 Å². The lowest BCUT2D eigenvalue weighted by molar-refractivity contribution is 0.248. The van der Waals surface area contributed by atoms with Crippen molar-refractivity contribution in [2.75, 3.05) is 20.1 Å². The fraction of sp³-hybridized carbons (Fsp3) is 0.375. The van der Waals surface area contributed by atoms with E-state index in [1.807, 2.05) is 30.6 Å². The van der Waals surface area contributed by atoms with E-state index in [1.54, 1.807) is 0 Å². The first kappa shape index (κ1) is 12.3. The lowest BCUT2D eigenvalue weighted by atomic mass is 9.95. The van der Waals surface area contributed by atoms with Gasteiger partial charge in [0, 0.05) is 24.2 Å². The van der Waals surface area contributed by atoms with E-state index >= 15 is 0 Å². The minimum atomic E-state index is 0.538. The summed E-state index contributed by atoms with van der Waals surface area (Å²) in [5.41, 5.74) is 3.21. The summed E-state index contributed by atoms with van der Waals surface area (Å²) in [6, 6.07) is 10.2. The average molecular weight is 253 g/mol. The van der Waals surface area contributed by atoms with Crippen LogP contribution in [0.25, 0.3) is 11.3 Å². The molecular formula is C16H19N3. The van der Waals surface area contributed by atoms with Crippen LogP contribution >= 0.6 is 0 Å². The van der Waals surface area contributed by atoms with Gasteiger partial charge in [0.05, 0.1) is 17.6 Å². The Bertz CT molecular complexity index is 521. The van der Waals surface area contributed by atoms with Crippen molar-refractivity contribution in [3.63, 3.8) is 0 Å². The second-order valence-corrected chi connectivity index (χ2v) is 5.29. The summed E-state index contributed by atoms with van der Waals surface area (Å²) in [6.45, 7) is 2.30. The molecule has 1 fully saturated rings. The van der Waals surface area contributed by atoms with Gasteiger partial charge in [-0.3, -0.25) is 9.97 Å². The van der Waals surface area contributed by atoms with Crippen molar-refractivity contribution in [2.45, 2.75) is 18.8 Å². The molecule has 1 aliphatic rings. The van der Waals surface area contributed by atoms with Gasteiger partial charge in [0.2, 0.25) is 0 Å². The Hall–Kier alpha value is -1.74. The van der Waals surface area contributed by atoms with Crippen LogP contribution in [0.3, 0.4) is 0 Å². The molecule has 0 saturated carbocycles. The van der Waals surface area contributed by atoms with Crippen molar-refractivity contribution in [2.24, 2.45) is 0 Å². The first-order chi connectivity index (χ1) is 9.33. The maximum Gasteiger partial charge on any atom is 0.0885 e. The molecule has 3 heteroatoms. The fourth-order valence-electron chi connectivity index (χ4n) is 2.71. The summed E-state index contributed by atoms with van der Waals surface area (Å²) in [5.74, 6) is 0.538. The Morgan fingerprint density at radius 1 is 1.11 bits per heavy atom. The summed E-state index contributed by atoms with van der Waals surface area (Å²) in [4.78, 5) is 11.6. The Morgan fingerprint density at radius 2 is 1.95 bits per heavy atom. The molecule has 98 valence electrons. The van der Waals surface area contributed by atoms with Gasteiger partial charge in [-0.15, -0.1) is 0 Å². The molecule has 0 radical (unpaired) electrons. The van der Waals surface area contributed by atoms with Crippen molar-refractivity contribution in [1.29, 1.82) is 0 Å². The van der Waals surface area contributed by atoms with E-state index in [4.69, 9.17) is 0 Å². The lowest BCUT2D eigenvalue weighted by Gasteiger charge is -2.29. The molecule has 1 aromatic carbocycles. The van der Waals surface area contributed by atoms with Gasteiger partial charge in [0.1, 0.15) is 0 Å². The van der Waals surface area contributed by atoms with Crippen LogP contribution in [0, 0.1) is 0 Å². The Morgan fingerprint density at radius 3 is 2.63 bits per heavy atom. The van der Waals surface area contributed by atoms with Crippen LogP contribution in [-0.2, 0) is 0 Å². The number of hydrogen-bond donors (Lipinski definition) is 0. The molecule has 19 heavy (non-hydrogen) atoms. The molecule has 0 aliphatic carbocycles. The zero-order chi connectivity index (χ0) is 13.1. The minimum absolute atomic E-state index is 0.538. The number of likely N-dealkylation sites (N-methyl/N-ethyl adjacent to an activating group) is 1. The van der Waals surface area contributed by atoms with Crippen LogP contribution in [0.2, 0.25) is 0 Å². The fourth-order valence-corrected chi connectivity index (χ4v) is 2.71. The molecule has 0 spiro atoms. The van der Waals surface area contributed by atoms with E-state index in [0.29, 0.717) is 5.92 Å². The van der Waals surface area contributed by atoms with E-state index < -0.39 is 0 Å². The largest absolute Gasteiger partial charge is 0.306 e. The van der Waals surface area contributed by atoms with E-state index in [2.05, 4.69) is 34.0 Å². The number of benzene rings is 1. The SMILES string of the molecule is CN1CCCC(c2cnc(-c3ccccc3)cn2)C1. The van der Waals surface area contributed by atoms with Crippen LogP contribution in [0.1, 0.15) is 24.5 Å². The van der Waals surface area contributed by atoms with Gasteiger partial charge in [-0.2, -0.15) is 0 Å². The van der Waals surface area contributed by atoms with Gasteiger partial charge in [-0.1, -0.05) is 30.3 Å². The third-order valence-electron chi connectivity index (χ3n) is 3.78. The highest BCUT2D eigenvalue weighted by molar-refractivity contribution is 5.57. The van der Waals surface area contributed by atoms with Crippen LogP contribution in [0.15, 0.2) is 42.7 Å². The van der Waals surface area contributed by atoms with Gasteiger partial charge < -0.3 is 4.90 Å². The number of nitrogens with zero attached hydrogens (tertiary/aromatic N) is 3. The number of hydrogen-bond acceptors (Lipinski definition) is 3. The van der Waals surface area contributed by atoms with Gasteiger partial charge in [0.15, 0.2) is 0 Å². The van der Waals surface area contributed by atoms with E-state index in [1.165, 1.54) is 19.4 Å². The maximum absolute atomic E-state index is 4.62. The molecule has 1 aliphatic heterocycles. The highest BCUT2D eigenvalue weighted by Gasteiger charge is 2.20. The van der Waals surface area contributed by atoms with Crippen molar-refractivity contribution < 1.29 is 0 Å². The van der Waals surface area contributed by atoms with E-state index in [0.717, 1.165) is 23.5 Å². The number of aromatic nitrogens is 2. The molecule has 1 saturated heterocycles. The molecule has 0 amide bonds. The van der Waals surface area contributed by atoms with Gasteiger partial charge in [-0.05, 0) is 26.4 Å². The molecule has 0 bridgehead atoms. The molecule has 3 rings (SSSR count). The molecule has 2 heterocycles. The highest BCUT2D eigenvalue weighted by atomic mass is 15.1. The molecule has 2 aromatic rings. The summed E-state index contributed by atoms with van der Waals surface area (Å²) in [6.07, 6.45) is 6.33.